The third-order valence-electron chi connectivity index (χ3n) is 3.37. The Hall–Kier alpha value is -1.37. The zero-order valence-electron chi connectivity index (χ0n) is 11.7. The second-order valence-corrected chi connectivity index (χ2v) is 5.16. The van der Waals surface area contributed by atoms with Crippen molar-refractivity contribution in [3.8, 4) is 0 Å². The van der Waals surface area contributed by atoms with E-state index in [1.54, 1.807) is 6.20 Å². The Balaban J connectivity index is 2.24. The number of amides is 1. The molecule has 2 rings (SSSR count). The SMILES string of the molecule is NC(=O)OC[C@@H]1CCCOCCOCc2c1ccnc2Cl. The molecule has 0 unspecified atom stereocenters. The van der Waals surface area contributed by atoms with Gasteiger partial charge in [-0.15, -0.1) is 0 Å². The molecule has 1 atom stereocenters. The first-order chi connectivity index (χ1) is 10.2. The average molecular weight is 315 g/mol. The smallest absolute Gasteiger partial charge is 0.404 e. The summed E-state index contributed by atoms with van der Waals surface area (Å²) < 4.78 is 16.0. The number of carbonyl (C=O) groups is 1. The predicted octanol–water partition coefficient (Wildman–Crippen LogP) is 2.24. The van der Waals surface area contributed by atoms with Crippen molar-refractivity contribution in [1.29, 1.82) is 0 Å². The minimum Gasteiger partial charge on any atom is -0.449 e. The third kappa shape index (κ3) is 4.84. The van der Waals surface area contributed by atoms with Crippen LogP contribution in [-0.4, -0.2) is 37.5 Å². The second kappa shape index (κ2) is 8.17. The maximum absolute atomic E-state index is 10.9. The predicted molar refractivity (Wildman–Crippen MR) is 77.2 cm³/mol. The fraction of sp³-hybridized carbons (Fsp3) is 0.571. The van der Waals surface area contributed by atoms with E-state index in [0.717, 1.165) is 24.0 Å². The van der Waals surface area contributed by atoms with Crippen molar-refractivity contribution in [2.75, 3.05) is 26.4 Å². The van der Waals surface area contributed by atoms with E-state index in [1.807, 2.05) is 6.07 Å². The zero-order chi connectivity index (χ0) is 15.1. The van der Waals surface area contributed by atoms with Gasteiger partial charge in [0, 0.05) is 24.3 Å². The van der Waals surface area contributed by atoms with Crippen LogP contribution in [0.25, 0.3) is 0 Å². The van der Waals surface area contributed by atoms with Crippen LogP contribution in [0.1, 0.15) is 29.9 Å². The molecule has 0 aromatic carbocycles. The maximum Gasteiger partial charge on any atom is 0.404 e. The van der Waals surface area contributed by atoms with Crippen molar-refractivity contribution in [2.24, 2.45) is 5.73 Å². The summed E-state index contributed by atoms with van der Waals surface area (Å²) in [6, 6.07) is 1.89. The minimum atomic E-state index is -0.779. The monoisotopic (exact) mass is 314 g/mol. The van der Waals surface area contributed by atoms with Crippen LogP contribution in [0.15, 0.2) is 12.3 Å². The highest BCUT2D eigenvalue weighted by Gasteiger charge is 2.20. The van der Waals surface area contributed by atoms with Gasteiger partial charge in [-0.2, -0.15) is 0 Å². The molecule has 0 saturated carbocycles. The highest BCUT2D eigenvalue weighted by atomic mass is 35.5. The van der Waals surface area contributed by atoms with Crippen LogP contribution in [0, 0.1) is 0 Å². The lowest BCUT2D eigenvalue weighted by molar-refractivity contribution is 0.0402. The van der Waals surface area contributed by atoms with Crippen LogP contribution < -0.4 is 5.73 Å². The lowest BCUT2D eigenvalue weighted by Gasteiger charge is -2.20. The van der Waals surface area contributed by atoms with Gasteiger partial charge in [-0.1, -0.05) is 11.6 Å². The van der Waals surface area contributed by atoms with Crippen molar-refractivity contribution in [3.63, 3.8) is 0 Å². The van der Waals surface area contributed by atoms with Gasteiger partial charge in [-0.05, 0) is 24.5 Å². The van der Waals surface area contributed by atoms with Crippen molar-refractivity contribution >= 4 is 17.7 Å². The summed E-state index contributed by atoms with van der Waals surface area (Å²) in [5, 5.41) is 0.414. The lowest BCUT2D eigenvalue weighted by Crippen LogP contribution is -2.19. The van der Waals surface area contributed by atoms with Gasteiger partial charge in [-0.3, -0.25) is 0 Å². The van der Waals surface area contributed by atoms with E-state index in [1.165, 1.54) is 0 Å². The summed E-state index contributed by atoms with van der Waals surface area (Å²) >= 11 is 6.18. The van der Waals surface area contributed by atoms with Gasteiger partial charge in [0.15, 0.2) is 0 Å². The van der Waals surface area contributed by atoms with Gasteiger partial charge in [0.2, 0.25) is 0 Å². The number of nitrogens with two attached hydrogens (primary N) is 1. The Kier molecular flexibility index (Phi) is 6.22. The summed E-state index contributed by atoms with van der Waals surface area (Å²) in [5.74, 6) is -0.00157. The van der Waals surface area contributed by atoms with Crippen LogP contribution in [0.5, 0.6) is 0 Å². The zero-order valence-corrected chi connectivity index (χ0v) is 12.5. The number of nitrogens with zero attached hydrogens (tertiary/aromatic N) is 1. The Bertz CT molecular complexity index is 484. The lowest BCUT2D eigenvalue weighted by atomic mass is 9.92. The van der Waals surface area contributed by atoms with Gasteiger partial charge >= 0.3 is 6.09 Å². The Labute approximate surface area is 128 Å². The summed E-state index contributed by atoms with van der Waals surface area (Å²) in [6.07, 6.45) is 2.53. The Morgan fingerprint density at radius 2 is 2.24 bits per heavy atom. The fourth-order valence-corrected chi connectivity index (χ4v) is 2.56. The molecule has 2 N–H and O–H groups in total. The van der Waals surface area contributed by atoms with E-state index in [9.17, 15) is 4.79 Å². The largest absolute Gasteiger partial charge is 0.449 e. The number of primary amides is 1. The topological polar surface area (TPSA) is 83.7 Å². The minimum absolute atomic E-state index is 0.00157. The first-order valence-electron chi connectivity index (χ1n) is 6.89. The molecular formula is C14H19ClN2O4. The van der Waals surface area contributed by atoms with E-state index in [2.05, 4.69) is 4.98 Å². The second-order valence-electron chi connectivity index (χ2n) is 4.80. The molecule has 0 aliphatic carbocycles. The number of aromatic nitrogens is 1. The van der Waals surface area contributed by atoms with E-state index in [0.29, 0.717) is 31.6 Å². The maximum atomic E-state index is 10.9. The molecule has 0 radical (unpaired) electrons. The van der Waals surface area contributed by atoms with Gasteiger partial charge in [-0.25, -0.2) is 9.78 Å². The molecule has 6 nitrogen and oxygen atoms in total. The molecule has 0 bridgehead atoms. The Morgan fingerprint density at radius 3 is 3.05 bits per heavy atom. The Morgan fingerprint density at radius 1 is 1.43 bits per heavy atom. The quantitative estimate of drug-likeness (QED) is 0.846. The number of carbonyl (C=O) groups excluding carboxylic acids is 1. The molecule has 0 spiro atoms. The van der Waals surface area contributed by atoms with Crippen LogP contribution in [0.3, 0.4) is 0 Å². The number of rotatable bonds is 2. The highest BCUT2D eigenvalue weighted by molar-refractivity contribution is 6.30. The van der Waals surface area contributed by atoms with E-state index in [4.69, 9.17) is 31.5 Å². The molecule has 116 valence electrons. The highest BCUT2D eigenvalue weighted by Crippen LogP contribution is 2.29. The van der Waals surface area contributed by atoms with E-state index in [-0.39, 0.29) is 12.5 Å². The molecule has 1 amide bonds. The van der Waals surface area contributed by atoms with Crippen LogP contribution >= 0.6 is 11.6 Å². The molecular weight excluding hydrogens is 296 g/mol. The van der Waals surface area contributed by atoms with Gasteiger partial charge in [0.1, 0.15) is 11.8 Å². The van der Waals surface area contributed by atoms with Crippen molar-refractivity contribution in [2.45, 2.75) is 25.4 Å². The first kappa shape index (κ1) is 16.0. The van der Waals surface area contributed by atoms with Crippen LogP contribution in [-0.2, 0) is 20.8 Å². The molecule has 1 aliphatic rings. The molecule has 1 aromatic heterocycles. The summed E-state index contributed by atoms with van der Waals surface area (Å²) in [6.45, 7) is 2.27. The van der Waals surface area contributed by atoms with Crippen molar-refractivity contribution in [3.05, 3.63) is 28.5 Å². The van der Waals surface area contributed by atoms with E-state index >= 15 is 0 Å². The summed E-state index contributed by atoms with van der Waals surface area (Å²) in [7, 11) is 0. The molecule has 0 fully saturated rings. The van der Waals surface area contributed by atoms with Crippen molar-refractivity contribution in [1.82, 2.24) is 4.98 Å². The van der Waals surface area contributed by atoms with Crippen LogP contribution in [0.2, 0.25) is 5.15 Å². The molecule has 1 aliphatic heterocycles. The average Bonchev–Trinajstić information content (AvgIpc) is 2.50. The number of ether oxygens (including phenoxy) is 3. The number of hydrogen-bond donors (Lipinski definition) is 1. The number of fused-ring (bicyclic) bond motifs is 1. The summed E-state index contributed by atoms with van der Waals surface area (Å²) in [5.41, 5.74) is 6.88. The van der Waals surface area contributed by atoms with Crippen LogP contribution in [0.4, 0.5) is 4.79 Å². The molecule has 7 heteroatoms. The summed E-state index contributed by atoms with van der Waals surface area (Å²) in [4.78, 5) is 15.0. The molecule has 21 heavy (non-hydrogen) atoms. The van der Waals surface area contributed by atoms with Gasteiger partial charge in [0.25, 0.3) is 0 Å². The standard InChI is InChI=1S/C14H19ClN2O4/c15-13-12-9-20-7-6-19-5-1-2-10(8-21-14(16)18)11(12)3-4-17-13/h3-4,10H,1-2,5-9H2,(H2,16,18)/t10-/m0/s1. The molecule has 2 heterocycles. The number of hydrogen-bond acceptors (Lipinski definition) is 5. The van der Waals surface area contributed by atoms with Crippen molar-refractivity contribution < 1.29 is 19.0 Å². The number of pyridine rings is 1. The molecule has 0 saturated heterocycles. The first-order valence-corrected chi connectivity index (χ1v) is 7.27. The number of halogens is 1. The molecule has 1 aromatic rings. The van der Waals surface area contributed by atoms with Gasteiger partial charge in [0.05, 0.1) is 19.8 Å². The van der Waals surface area contributed by atoms with E-state index < -0.39 is 6.09 Å². The third-order valence-corrected chi connectivity index (χ3v) is 3.69. The fourth-order valence-electron chi connectivity index (χ4n) is 2.34. The van der Waals surface area contributed by atoms with Gasteiger partial charge < -0.3 is 19.9 Å². The normalized spacial score (nSPS) is 20.1.